The van der Waals surface area contributed by atoms with Gasteiger partial charge in [-0.2, -0.15) is 0 Å². The first-order valence-corrected chi connectivity index (χ1v) is 14.4. The summed E-state index contributed by atoms with van der Waals surface area (Å²) in [4.78, 5) is 26.4. The molecule has 2 atom stereocenters. The van der Waals surface area contributed by atoms with Crippen molar-refractivity contribution in [2.45, 2.75) is 50.9 Å². The predicted molar refractivity (Wildman–Crippen MR) is 161 cm³/mol. The minimum Gasteiger partial charge on any atom is -0.480 e. The van der Waals surface area contributed by atoms with Crippen LogP contribution < -0.4 is 15.8 Å². The molecular formula is C33H41N3O6. The maximum atomic E-state index is 13.2. The fourth-order valence-corrected chi connectivity index (χ4v) is 5.13. The van der Waals surface area contributed by atoms with Crippen LogP contribution in [-0.4, -0.2) is 60.8 Å². The highest BCUT2D eigenvalue weighted by Crippen LogP contribution is 2.27. The maximum Gasteiger partial charge on any atom is 0.328 e. The first-order chi connectivity index (χ1) is 20.4. The zero-order valence-electron chi connectivity index (χ0n) is 24.1. The molecule has 224 valence electrons. The van der Waals surface area contributed by atoms with E-state index in [0.717, 1.165) is 29.7 Å². The van der Waals surface area contributed by atoms with Crippen LogP contribution in [0.3, 0.4) is 0 Å². The Hall–Kier alpha value is -3.92. The van der Waals surface area contributed by atoms with Gasteiger partial charge >= 0.3 is 5.97 Å². The number of nitrogens with zero attached hydrogens (tertiary/aromatic N) is 1. The van der Waals surface area contributed by atoms with Gasteiger partial charge in [-0.15, -0.1) is 0 Å². The van der Waals surface area contributed by atoms with E-state index in [-0.39, 0.29) is 31.6 Å². The summed E-state index contributed by atoms with van der Waals surface area (Å²) in [5.41, 5.74) is 8.81. The second-order valence-corrected chi connectivity index (χ2v) is 10.6. The smallest absolute Gasteiger partial charge is 0.328 e. The van der Waals surface area contributed by atoms with Gasteiger partial charge in [0.05, 0.1) is 13.2 Å². The molecule has 0 radical (unpaired) electrons. The van der Waals surface area contributed by atoms with E-state index in [1.165, 1.54) is 11.9 Å². The standard InChI is InChI=1S/C33H41N3O6/c1-36(31(33(38)39)23-41-22-24-8-4-2-5-9-24)32(37)15-14-30(25-16-18-40-19-17-25)35-21-26-20-28(12-13-29(26)34)42-27-10-6-3-7-11-27/h2-13,20,25,30-31,35H,14-19,21-23,34H2,1H3,(H,38,39)/t30-,31+/m0/s1. The molecule has 1 aliphatic rings. The van der Waals surface area contributed by atoms with Gasteiger partial charge in [0.1, 0.15) is 11.5 Å². The number of nitrogens with two attached hydrogens (primary N) is 1. The number of carbonyl (C=O) groups excluding carboxylic acids is 1. The van der Waals surface area contributed by atoms with E-state index >= 15 is 0 Å². The van der Waals surface area contributed by atoms with Crippen molar-refractivity contribution in [1.29, 1.82) is 0 Å². The van der Waals surface area contributed by atoms with Crippen LogP contribution in [0.1, 0.15) is 36.8 Å². The molecule has 0 bridgehead atoms. The first-order valence-electron chi connectivity index (χ1n) is 14.4. The van der Waals surface area contributed by atoms with Crippen molar-refractivity contribution in [3.8, 4) is 11.5 Å². The minimum atomic E-state index is -1.09. The number of amides is 1. The Bertz CT molecular complexity index is 1270. The Balaban J connectivity index is 1.35. The summed E-state index contributed by atoms with van der Waals surface area (Å²) in [5, 5.41) is 13.4. The predicted octanol–water partition coefficient (Wildman–Crippen LogP) is 4.85. The van der Waals surface area contributed by atoms with Crippen LogP contribution in [0.2, 0.25) is 0 Å². The summed E-state index contributed by atoms with van der Waals surface area (Å²) in [6.07, 6.45) is 2.55. The van der Waals surface area contributed by atoms with E-state index in [9.17, 15) is 14.7 Å². The number of aliphatic carboxylic acids is 1. The van der Waals surface area contributed by atoms with Gasteiger partial charge < -0.3 is 35.3 Å². The normalized spacial score (nSPS) is 15.1. The molecular weight excluding hydrogens is 534 g/mol. The molecule has 1 aliphatic heterocycles. The SMILES string of the molecule is CN(C(=O)CC[C@H](NCc1cc(Oc2ccccc2)ccc1N)C1CCOCC1)[C@H](COCc1ccccc1)C(=O)O. The molecule has 1 heterocycles. The second-order valence-electron chi connectivity index (χ2n) is 10.6. The van der Waals surface area contributed by atoms with Gasteiger partial charge in [0.25, 0.3) is 0 Å². The van der Waals surface area contributed by atoms with Gasteiger partial charge in [-0.3, -0.25) is 4.79 Å². The van der Waals surface area contributed by atoms with Gasteiger partial charge in [-0.05, 0) is 66.6 Å². The highest BCUT2D eigenvalue weighted by atomic mass is 16.5. The molecule has 1 amide bonds. The van der Waals surface area contributed by atoms with E-state index in [4.69, 9.17) is 19.9 Å². The first kappa shape index (κ1) is 31.0. The highest BCUT2D eigenvalue weighted by molar-refractivity contribution is 5.83. The monoisotopic (exact) mass is 575 g/mol. The summed E-state index contributed by atoms with van der Waals surface area (Å²) in [5.74, 6) is 0.439. The number of nitrogens with one attached hydrogen (secondary N) is 1. The van der Waals surface area contributed by atoms with Gasteiger partial charge in [-0.25, -0.2) is 4.79 Å². The van der Waals surface area contributed by atoms with Crippen LogP contribution in [-0.2, 0) is 32.2 Å². The summed E-state index contributed by atoms with van der Waals surface area (Å²) < 4.78 is 17.2. The Morgan fingerprint density at radius 3 is 2.40 bits per heavy atom. The van der Waals surface area contributed by atoms with Gasteiger partial charge in [0, 0.05) is 45.0 Å². The number of anilines is 1. The minimum absolute atomic E-state index is 0.0296. The van der Waals surface area contributed by atoms with Crippen LogP contribution in [0.4, 0.5) is 5.69 Å². The van der Waals surface area contributed by atoms with Crippen LogP contribution in [0, 0.1) is 5.92 Å². The number of hydrogen-bond donors (Lipinski definition) is 3. The lowest BCUT2D eigenvalue weighted by Gasteiger charge is -2.32. The van der Waals surface area contributed by atoms with E-state index in [1.54, 1.807) is 0 Å². The number of para-hydroxylation sites is 1. The molecule has 0 unspecified atom stereocenters. The Morgan fingerprint density at radius 1 is 1.02 bits per heavy atom. The number of ether oxygens (including phenoxy) is 3. The third-order valence-corrected chi connectivity index (χ3v) is 7.69. The molecule has 9 heteroatoms. The lowest BCUT2D eigenvalue weighted by molar-refractivity contribution is -0.152. The molecule has 4 rings (SSSR count). The molecule has 3 aromatic rings. The highest BCUT2D eigenvalue weighted by Gasteiger charge is 2.29. The van der Waals surface area contributed by atoms with E-state index in [0.29, 0.717) is 43.5 Å². The van der Waals surface area contributed by atoms with Crippen molar-refractivity contribution < 1.29 is 28.9 Å². The molecule has 1 fully saturated rings. The van der Waals surface area contributed by atoms with Gasteiger partial charge in [-0.1, -0.05) is 48.5 Å². The zero-order valence-corrected chi connectivity index (χ0v) is 24.1. The summed E-state index contributed by atoms with van der Waals surface area (Å²) >= 11 is 0. The molecule has 9 nitrogen and oxygen atoms in total. The summed E-state index contributed by atoms with van der Waals surface area (Å²) in [6.45, 7) is 2.06. The van der Waals surface area contributed by atoms with E-state index in [2.05, 4.69) is 5.32 Å². The Morgan fingerprint density at radius 2 is 1.71 bits per heavy atom. The number of hydrogen-bond acceptors (Lipinski definition) is 7. The largest absolute Gasteiger partial charge is 0.480 e. The summed E-state index contributed by atoms with van der Waals surface area (Å²) in [7, 11) is 1.53. The van der Waals surface area contributed by atoms with Crippen molar-refractivity contribution in [2.75, 3.05) is 32.6 Å². The quantitative estimate of drug-likeness (QED) is 0.220. The van der Waals surface area contributed by atoms with Crippen molar-refractivity contribution in [3.05, 3.63) is 90.0 Å². The van der Waals surface area contributed by atoms with Gasteiger partial charge in [0.2, 0.25) is 5.91 Å². The topological polar surface area (TPSA) is 123 Å². The average molecular weight is 576 g/mol. The zero-order chi connectivity index (χ0) is 29.7. The third-order valence-electron chi connectivity index (χ3n) is 7.69. The third kappa shape index (κ3) is 9.30. The number of benzene rings is 3. The molecule has 4 N–H and O–H groups in total. The van der Waals surface area contributed by atoms with Crippen LogP contribution in [0.15, 0.2) is 78.9 Å². The molecule has 0 spiro atoms. The number of carboxylic acid groups (broad SMARTS) is 1. The van der Waals surface area contributed by atoms with E-state index < -0.39 is 12.0 Å². The lowest BCUT2D eigenvalue weighted by atomic mass is 9.88. The summed E-state index contributed by atoms with van der Waals surface area (Å²) in [6, 6.07) is 23.7. The average Bonchev–Trinajstić information content (AvgIpc) is 3.01. The Labute approximate surface area is 247 Å². The second kappa shape index (κ2) is 15.9. The van der Waals surface area contributed by atoms with Crippen molar-refractivity contribution in [3.63, 3.8) is 0 Å². The number of rotatable bonds is 15. The number of carboxylic acids is 1. The van der Waals surface area contributed by atoms with Crippen molar-refractivity contribution >= 4 is 17.6 Å². The maximum absolute atomic E-state index is 13.2. The fourth-order valence-electron chi connectivity index (χ4n) is 5.13. The number of carbonyl (C=O) groups is 2. The molecule has 0 saturated carbocycles. The van der Waals surface area contributed by atoms with Crippen LogP contribution in [0.5, 0.6) is 11.5 Å². The molecule has 0 aromatic heterocycles. The number of nitrogen functional groups attached to an aromatic ring is 1. The van der Waals surface area contributed by atoms with Crippen LogP contribution >= 0.6 is 0 Å². The lowest BCUT2D eigenvalue weighted by Crippen LogP contribution is -2.46. The fraction of sp³-hybridized carbons (Fsp3) is 0.394. The van der Waals surface area contributed by atoms with Gasteiger partial charge in [0.15, 0.2) is 6.04 Å². The number of likely N-dealkylation sites (N-methyl/N-ethyl adjacent to an activating group) is 1. The Kier molecular flexibility index (Phi) is 11.8. The molecule has 1 saturated heterocycles. The van der Waals surface area contributed by atoms with Crippen molar-refractivity contribution in [1.82, 2.24) is 10.2 Å². The van der Waals surface area contributed by atoms with Crippen molar-refractivity contribution in [2.24, 2.45) is 5.92 Å². The molecule has 3 aromatic carbocycles. The van der Waals surface area contributed by atoms with Crippen LogP contribution in [0.25, 0.3) is 0 Å². The molecule has 42 heavy (non-hydrogen) atoms. The van der Waals surface area contributed by atoms with E-state index in [1.807, 2.05) is 78.9 Å². The molecule has 0 aliphatic carbocycles.